The standard InChI is InChI=1S/C39H45N3O6/c1-27-36(24-42-22-6-7-33(42)26-45-2)47-38(48-37(27)30-14-12-29(25-43)13-15-30)31-16-10-28(11-17-31)23-40-39(44)41-32-18-20-35(21-19-32)46-34-8-4-3-5-9-34/h3-5,8-21,27,33,36-38,43H,6-7,22-26H2,1-2H3,(H2,40,41,44)/t27-,33-,36+,37+,38+/m0/s1. The Bertz CT molecular complexity index is 1580. The largest absolute Gasteiger partial charge is 0.457 e. The predicted octanol–water partition coefficient (Wildman–Crippen LogP) is 7.20. The lowest BCUT2D eigenvalue weighted by Crippen LogP contribution is -2.46. The van der Waals surface area contributed by atoms with Crippen molar-refractivity contribution in [2.24, 2.45) is 5.92 Å². The Morgan fingerprint density at radius 2 is 1.56 bits per heavy atom. The number of hydrogen-bond acceptors (Lipinski definition) is 7. The van der Waals surface area contributed by atoms with Gasteiger partial charge in [0.1, 0.15) is 11.5 Å². The predicted molar refractivity (Wildman–Crippen MR) is 185 cm³/mol. The summed E-state index contributed by atoms with van der Waals surface area (Å²) < 4.78 is 24.7. The van der Waals surface area contributed by atoms with Gasteiger partial charge in [-0.25, -0.2) is 4.79 Å². The topological polar surface area (TPSA) is 102 Å². The van der Waals surface area contributed by atoms with Crippen LogP contribution >= 0.6 is 0 Å². The third-order valence-electron chi connectivity index (χ3n) is 9.19. The first-order valence-corrected chi connectivity index (χ1v) is 16.7. The minimum atomic E-state index is -0.545. The normalized spacial score (nSPS) is 22.7. The van der Waals surface area contributed by atoms with Gasteiger partial charge in [-0.05, 0) is 72.5 Å². The molecule has 5 atom stereocenters. The van der Waals surface area contributed by atoms with Crippen molar-refractivity contribution in [2.75, 3.05) is 32.1 Å². The van der Waals surface area contributed by atoms with Crippen molar-refractivity contribution in [3.8, 4) is 11.5 Å². The SMILES string of the molecule is COC[C@@H]1CCCN1C[C@H]1O[C@@H](c2ccc(CNC(=O)Nc3ccc(Oc4ccccc4)cc3)cc2)O[C@@H](c2ccc(CO)cc2)[C@H]1C. The number of anilines is 1. The molecule has 0 aliphatic carbocycles. The molecule has 2 aliphatic heterocycles. The zero-order valence-electron chi connectivity index (χ0n) is 27.6. The van der Waals surface area contributed by atoms with Gasteiger partial charge in [0, 0.05) is 43.4 Å². The average Bonchev–Trinajstić information content (AvgIpc) is 3.56. The molecule has 4 aromatic carbocycles. The highest BCUT2D eigenvalue weighted by Crippen LogP contribution is 2.42. The first-order valence-electron chi connectivity index (χ1n) is 16.7. The fourth-order valence-corrected chi connectivity index (χ4v) is 6.46. The van der Waals surface area contributed by atoms with Crippen LogP contribution in [-0.2, 0) is 27.4 Å². The highest BCUT2D eigenvalue weighted by atomic mass is 16.7. The van der Waals surface area contributed by atoms with E-state index in [2.05, 4.69) is 22.5 Å². The van der Waals surface area contributed by atoms with Gasteiger partial charge in [-0.1, -0.05) is 73.7 Å². The number of likely N-dealkylation sites (tertiary alicyclic amines) is 1. The monoisotopic (exact) mass is 651 g/mol. The van der Waals surface area contributed by atoms with Crippen molar-refractivity contribution in [1.82, 2.24) is 10.2 Å². The third-order valence-corrected chi connectivity index (χ3v) is 9.19. The van der Waals surface area contributed by atoms with Crippen molar-refractivity contribution in [3.63, 3.8) is 0 Å². The summed E-state index contributed by atoms with van der Waals surface area (Å²) in [6.07, 6.45) is 1.52. The molecule has 6 rings (SSSR count). The summed E-state index contributed by atoms with van der Waals surface area (Å²) in [4.78, 5) is 15.1. The average molecular weight is 652 g/mol. The van der Waals surface area contributed by atoms with Crippen molar-refractivity contribution in [3.05, 3.63) is 125 Å². The van der Waals surface area contributed by atoms with Gasteiger partial charge < -0.3 is 34.7 Å². The molecule has 3 N–H and O–H groups in total. The van der Waals surface area contributed by atoms with E-state index in [0.717, 1.165) is 60.5 Å². The minimum absolute atomic E-state index is 0.00610. The minimum Gasteiger partial charge on any atom is -0.457 e. The molecule has 48 heavy (non-hydrogen) atoms. The highest BCUT2D eigenvalue weighted by Gasteiger charge is 2.40. The Hall–Kier alpha value is -4.25. The molecular weight excluding hydrogens is 606 g/mol. The zero-order valence-corrected chi connectivity index (χ0v) is 27.6. The van der Waals surface area contributed by atoms with Crippen LogP contribution in [0, 0.1) is 5.92 Å². The maximum Gasteiger partial charge on any atom is 0.319 e. The van der Waals surface area contributed by atoms with Crippen LogP contribution in [0.2, 0.25) is 0 Å². The molecule has 0 spiro atoms. The van der Waals surface area contributed by atoms with Gasteiger partial charge >= 0.3 is 6.03 Å². The summed E-state index contributed by atoms with van der Waals surface area (Å²) in [7, 11) is 1.76. The van der Waals surface area contributed by atoms with Gasteiger partial charge in [0.2, 0.25) is 0 Å². The van der Waals surface area contributed by atoms with Crippen LogP contribution in [-0.4, -0.2) is 55.0 Å². The van der Waals surface area contributed by atoms with E-state index in [1.54, 1.807) is 19.2 Å². The quantitative estimate of drug-likeness (QED) is 0.149. The zero-order chi connectivity index (χ0) is 33.3. The fraction of sp³-hybridized carbons (Fsp3) is 0.359. The molecular formula is C39H45N3O6. The van der Waals surface area contributed by atoms with E-state index in [9.17, 15) is 9.90 Å². The number of aliphatic hydroxyl groups excluding tert-OH is 1. The Morgan fingerprint density at radius 3 is 2.27 bits per heavy atom. The number of carbonyl (C=O) groups is 1. The molecule has 252 valence electrons. The summed E-state index contributed by atoms with van der Waals surface area (Å²) in [5.41, 5.74) is 4.48. The number of rotatable bonds is 12. The number of amides is 2. The summed E-state index contributed by atoms with van der Waals surface area (Å²) in [6.45, 7) is 5.12. The number of nitrogens with one attached hydrogen (secondary N) is 2. The van der Waals surface area contributed by atoms with Crippen molar-refractivity contribution >= 4 is 11.7 Å². The van der Waals surface area contributed by atoms with E-state index in [1.165, 1.54) is 0 Å². The number of aliphatic hydroxyl groups is 1. The molecule has 9 heteroatoms. The molecule has 9 nitrogen and oxygen atoms in total. The van der Waals surface area contributed by atoms with Crippen LogP contribution in [0.4, 0.5) is 10.5 Å². The second kappa shape index (κ2) is 16.2. The summed E-state index contributed by atoms with van der Waals surface area (Å²) in [6, 6.07) is 32.9. The molecule has 0 radical (unpaired) electrons. The number of urea groups is 1. The molecule has 2 fully saturated rings. The first kappa shape index (κ1) is 33.6. The lowest BCUT2D eigenvalue weighted by atomic mass is 9.90. The number of methoxy groups -OCH3 is 1. The van der Waals surface area contributed by atoms with E-state index >= 15 is 0 Å². The second-order valence-electron chi connectivity index (χ2n) is 12.6. The van der Waals surface area contributed by atoms with Crippen LogP contribution < -0.4 is 15.4 Å². The van der Waals surface area contributed by atoms with Gasteiger partial charge in [-0.2, -0.15) is 0 Å². The van der Waals surface area contributed by atoms with Crippen LogP contribution in [0.25, 0.3) is 0 Å². The second-order valence-corrected chi connectivity index (χ2v) is 12.6. The lowest BCUT2D eigenvalue weighted by Gasteiger charge is -2.43. The molecule has 2 amide bonds. The van der Waals surface area contributed by atoms with Crippen molar-refractivity contribution in [1.29, 1.82) is 0 Å². The first-order chi connectivity index (χ1) is 23.5. The summed E-state index contributed by atoms with van der Waals surface area (Å²) in [5, 5.41) is 15.4. The van der Waals surface area contributed by atoms with E-state index in [4.69, 9.17) is 18.9 Å². The van der Waals surface area contributed by atoms with E-state index in [0.29, 0.717) is 24.0 Å². The number of ether oxygens (including phenoxy) is 4. The van der Waals surface area contributed by atoms with Crippen LogP contribution in [0.3, 0.4) is 0 Å². The molecule has 0 bridgehead atoms. The molecule has 2 saturated heterocycles. The molecule has 2 heterocycles. The number of para-hydroxylation sites is 1. The third kappa shape index (κ3) is 8.61. The Morgan fingerprint density at radius 1 is 0.875 bits per heavy atom. The highest BCUT2D eigenvalue weighted by molar-refractivity contribution is 5.89. The van der Waals surface area contributed by atoms with Gasteiger partial charge in [-0.3, -0.25) is 4.90 Å². The number of benzene rings is 4. The van der Waals surface area contributed by atoms with Crippen LogP contribution in [0.1, 0.15) is 54.4 Å². The Labute approximate surface area is 282 Å². The molecule has 2 aliphatic rings. The fourth-order valence-electron chi connectivity index (χ4n) is 6.46. The van der Waals surface area contributed by atoms with Gasteiger partial charge in [0.15, 0.2) is 6.29 Å². The maximum atomic E-state index is 12.6. The molecule has 4 aromatic rings. The smallest absolute Gasteiger partial charge is 0.319 e. The number of hydrogen-bond donors (Lipinski definition) is 3. The van der Waals surface area contributed by atoms with Crippen molar-refractivity contribution < 1.29 is 28.8 Å². The van der Waals surface area contributed by atoms with Gasteiger partial charge in [0.25, 0.3) is 0 Å². The van der Waals surface area contributed by atoms with E-state index in [1.807, 2.05) is 91.0 Å². The molecule has 0 saturated carbocycles. The lowest BCUT2D eigenvalue weighted by molar-refractivity contribution is -0.276. The van der Waals surface area contributed by atoms with Gasteiger partial charge in [0.05, 0.1) is 25.4 Å². The summed E-state index contributed by atoms with van der Waals surface area (Å²) in [5.74, 6) is 1.56. The van der Waals surface area contributed by atoms with Crippen LogP contribution in [0.15, 0.2) is 103 Å². The van der Waals surface area contributed by atoms with Crippen molar-refractivity contribution in [2.45, 2.75) is 57.5 Å². The molecule has 0 aromatic heterocycles. The molecule has 0 unspecified atom stereocenters. The van der Waals surface area contributed by atoms with E-state index in [-0.39, 0.29) is 30.8 Å². The Balaban J connectivity index is 1.07. The van der Waals surface area contributed by atoms with E-state index < -0.39 is 6.29 Å². The summed E-state index contributed by atoms with van der Waals surface area (Å²) >= 11 is 0. The maximum absolute atomic E-state index is 12.6. The number of nitrogens with zero attached hydrogens (tertiary/aromatic N) is 1. The number of carbonyl (C=O) groups excluding carboxylic acids is 1. The van der Waals surface area contributed by atoms with Gasteiger partial charge in [-0.15, -0.1) is 0 Å². The Kier molecular flexibility index (Phi) is 11.4. The van der Waals surface area contributed by atoms with Crippen LogP contribution in [0.5, 0.6) is 11.5 Å².